The van der Waals surface area contributed by atoms with Crippen LogP contribution in [0, 0.1) is 0 Å². The molecule has 1 aromatic heterocycles. The van der Waals surface area contributed by atoms with Crippen molar-refractivity contribution in [3.63, 3.8) is 0 Å². The lowest BCUT2D eigenvalue weighted by molar-refractivity contribution is 0.544. The number of rotatable bonds is 12. The summed E-state index contributed by atoms with van der Waals surface area (Å²) < 4.78 is 2.08. The summed E-state index contributed by atoms with van der Waals surface area (Å²) in [6.07, 6.45) is 12.8. The van der Waals surface area contributed by atoms with E-state index in [9.17, 15) is 0 Å². The number of nitrogens with one attached hydrogen (secondary N) is 1. The molecule has 1 heterocycles. The van der Waals surface area contributed by atoms with Gasteiger partial charge in [0.25, 0.3) is 0 Å². The molecule has 1 rings (SSSR count). The predicted octanol–water partition coefficient (Wildman–Crippen LogP) is 3.53. The monoisotopic (exact) mass is 266 g/mol. The fourth-order valence-electron chi connectivity index (χ4n) is 2.26. The Morgan fingerprint density at radius 1 is 1.00 bits per heavy atom. The van der Waals surface area contributed by atoms with Crippen LogP contribution in [0.1, 0.15) is 71.0 Å². The van der Waals surface area contributed by atoms with Crippen LogP contribution in [0.5, 0.6) is 0 Å². The molecule has 0 fully saturated rings. The third kappa shape index (κ3) is 7.31. The molecule has 0 spiro atoms. The Labute approximate surface area is 118 Å². The van der Waals surface area contributed by atoms with Crippen molar-refractivity contribution < 1.29 is 0 Å². The molecular weight excluding hydrogens is 236 g/mol. The van der Waals surface area contributed by atoms with E-state index in [1.807, 2.05) is 0 Å². The first-order valence-corrected chi connectivity index (χ1v) is 7.95. The average Bonchev–Trinajstić information content (AvgIpc) is 2.88. The van der Waals surface area contributed by atoms with Gasteiger partial charge in [-0.15, -0.1) is 10.2 Å². The lowest BCUT2D eigenvalue weighted by atomic mass is 10.1. The summed E-state index contributed by atoms with van der Waals surface area (Å²) in [4.78, 5) is 0. The maximum absolute atomic E-state index is 4.11. The van der Waals surface area contributed by atoms with Gasteiger partial charge < -0.3 is 9.88 Å². The molecule has 0 amide bonds. The number of aryl methyl sites for hydroxylation is 1. The first kappa shape index (κ1) is 16.2. The summed E-state index contributed by atoms with van der Waals surface area (Å²) in [6.45, 7) is 7.26. The molecule has 0 saturated carbocycles. The van der Waals surface area contributed by atoms with Gasteiger partial charge in [0.2, 0.25) is 0 Å². The standard InChI is InChI=1S/C15H30N4/c1-3-5-6-7-8-9-10-11-12-16-13-15-18-17-14-19(15)4-2/h14,16H,3-13H2,1-2H3. The maximum atomic E-state index is 4.11. The third-order valence-electron chi connectivity index (χ3n) is 3.53. The van der Waals surface area contributed by atoms with Crippen LogP contribution in [-0.4, -0.2) is 21.3 Å². The molecule has 0 aliphatic rings. The minimum atomic E-state index is 0.838. The fraction of sp³-hybridized carbons (Fsp3) is 0.867. The summed E-state index contributed by atoms with van der Waals surface area (Å²) in [5.41, 5.74) is 0. The fourth-order valence-corrected chi connectivity index (χ4v) is 2.26. The number of hydrogen-bond donors (Lipinski definition) is 1. The molecule has 0 unspecified atom stereocenters. The van der Waals surface area contributed by atoms with E-state index in [1.54, 1.807) is 6.33 Å². The zero-order chi connectivity index (χ0) is 13.8. The maximum Gasteiger partial charge on any atom is 0.146 e. The molecule has 0 bridgehead atoms. The Morgan fingerprint density at radius 2 is 1.68 bits per heavy atom. The van der Waals surface area contributed by atoms with Crippen molar-refractivity contribution in [1.29, 1.82) is 0 Å². The van der Waals surface area contributed by atoms with Gasteiger partial charge in [-0.3, -0.25) is 0 Å². The molecule has 110 valence electrons. The predicted molar refractivity (Wildman–Crippen MR) is 80.0 cm³/mol. The Morgan fingerprint density at radius 3 is 2.37 bits per heavy atom. The van der Waals surface area contributed by atoms with Gasteiger partial charge in [0.15, 0.2) is 0 Å². The number of nitrogens with zero attached hydrogens (tertiary/aromatic N) is 3. The van der Waals surface area contributed by atoms with Crippen molar-refractivity contribution in [3.8, 4) is 0 Å². The number of unbranched alkanes of at least 4 members (excludes halogenated alkanes) is 7. The van der Waals surface area contributed by atoms with Gasteiger partial charge in [-0.05, 0) is 19.9 Å². The Kier molecular flexibility index (Phi) is 9.33. The van der Waals surface area contributed by atoms with Crippen molar-refractivity contribution in [2.75, 3.05) is 6.54 Å². The van der Waals surface area contributed by atoms with Gasteiger partial charge in [0.1, 0.15) is 12.2 Å². The molecule has 0 aliphatic heterocycles. The molecule has 0 radical (unpaired) electrons. The molecule has 19 heavy (non-hydrogen) atoms. The van der Waals surface area contributed by atoms with Gasteiger partial charge in [-0.1, -0.05) is 51.9 Å². The van der Waals surface area contributed by atoms with E-state index in [0.29, 0.717) is 0 Å². The van der Waals surface area contributed by atoms with Crippen molar-refractivity contribution in [2.24, 2.45) is 0 Å². The normalized spacial score (nSPS) is 11.1. The molecule has 0 aromatic carbocycles. The largest absolute Gasteiger partial charge is 0.317 e. The van der Waals surface area contributed by atoms with Crippen LogP contribution >= 0.6 is 0 Å². The summed E-state index contributed by atoms with van der Waals surface area (Å²) in [6, 6.07) is 0. The van der Waals surface area contributed by atoms with Crippen LogP contribution < -0.4 is 5.32 Å². The first-order valence-electron chi connectivity index (χ1n) is 7.95. The topological polar surface area (TPSA) is 42.7 Å². The first-order chi connectivity index (χ1) is 9.38. The van der Waals surface area contributed by atoms with Crippen LogP contribution in [-0.2, 0) is 13.1 Å². The van der Waals surface area contributed by atoms with Crippen LogP contribution in [0.2, 0.25) is 0 Å². The molecule has 1 aromatic rings. The quantitative estimate of drug-likeness (QED) is 0.589. The van der Waals surface area contributed by atoms with Gasteiger partial charge in [0, 0.05) is 6.54 Å². The smallest absolute Gasteiger partial charge is 0.146 e. The van der Waals surface area contributed by atoms with Crippen molar-refractivity contribution in [3.05, 3.63) is 12.2 Å². The molecular formula is C15H30N4. The van der Waals surface area contributed by atoms with E-state index >= 15 is 0 Å². The minimum absolute atomic E-state index is 0.838. The minimum Gasteiger partial charge on any atom is -0.317 e. The second-order valence-electron chi connectivity index (χ2n) is 5.18. The molecule has 0 aliphatic carbocycles. The molecule has 4 heteroatoms. The van der Waals surface area contributed by atoms with Crippen LogP contribution in [0.3, 0.4) is 0 Å². The van der Waals surface area contributed by atoms with Gasteiger partial charge in [0.05, 0.1) is 6.54 Å². The average molecular weight is 266 g/mol. The SMILES string of the molecule is CCCCCCCCCCNCc1nncn1CC. The van der Waals surface area contributed by atoms with Crippen molar-refractivity contribution >= 4 is 0 Å². The summed E-state index contributed by atoms with van der Waals surface area (Å²) in [7, 11) is 0. The highest BCUT2D eigenvalue weighted by atomic mass is 15.3. The zero-order valence-corrected chi connectivity index (χ0v) is 12.7. The lowest BCUT2D eigenvalue weighted by Gasteiger charge is -2.05. The van der Waals surface area contributed by atoms with Crippen molar-refractivity contribution in [1.82, 2.24) is 20.1 Å². The van der Waals surface area contributed by atoms with Gasteiger partial charge >= 0.3 is 0 Å². The van der Waals surface area contributed by atoms with E-state index < -0.39 is 0 Å². The molecule has 4 nitrogen and oxygen atoms in total. The highest BCUT2D eigenvalue weighted by Crippen LogP contribution is 2.07. The van der Waals surface area contributed by atoms with Gasteiger partial charge in [-0.2, -0.15) is 0 Å². The molecule has 0 atom stereocenters. The van der Waals surface area contributed by atoms with Gasteiger partial charge in [-0.25, -0.2) is 0 Å². The molecule has 0 saturated heterocycles. The van der Waals surface area contributed by atoms with E-state index in [1.165, 1.54) is 51.4 Å². The van der Waals surface area contributed by atoms with E-state index in [0.717, 1.165) is 25.5 Å². The Hall–Kier alpha value is -0.900. The second kappa shape index (κ2) is 11.0. The third-order valence-corrected chi connectivity index (χ3v) is 3.53. The summed E-state index contributed by atoms with van der Waals surface area (Å²) in [5, 5.41) is 11.5. The zero-order valence-electron chi connectivity index (χ0n) is 12.7. The summed E-state index contributed by atoms with van der Waals surface area (Å²) >= 11 is 0. The Bertz CT molecular complexity index is 309. The van der Waals surface area contributed by atoms with Crippen LogP contribution in [0.15, 0.2) is 6.33 Å². The lowest BCUT2D eigenvalue weighted by Crippen LogP contribution is -2.18. The van der Waals surface area contributed by atoms with Crippen LogP contribution in [0.4, 0.5) is 0 Å². The van der Waals surface area contributed by atoms with Crippen molar-refractivity contribution in [2.45, 2.75) is 78.3 Å². The van der Waals surface area contributed by atoms with Crippen LogP contribution in [0.25, 0.3) is 0 Å². The van der Waals surface area contributed by atoms with E-state index in [-0.39, 0.29) is 0 Å². The van der Waals surface area contributed by atoms with E-state index in [2.05, 4.69) is 33.9 Å². The summed E-state index contributed by atoms with van der Waals surface area (Å²) in [5.74, 6) is 1.04. The molecule has 1 N–H and O–H groups in total. The highest BCUT2D eigenvalue weighted by Gasteiger charge is 2.00. The Balaban J connectivity index is 1.89. The highest BCUT2D eigenvalue weighted by molar-refractivity contribution is 4.84. The number of hydrogen-bond acceptors (Lipinski definition) is 3. The second-order valence-corrected chi connectivity index (χ2v) is 5.18. The van der Waals surface area contributed by atoms with E-state index in [4.69, 9.17) is 0 Å². The number of aromatic nitrogens is 3.